The van der Waals surface area contributed by atoms with E-state index in [2.05, 4.69) is 31.8 Å². The van der Waals surface area contributed by atoms with Crippen LogP contribution in [0.1, 0.15) is 5.56 Å². The summed E-state index contributed by atoms with van der Waals surface area (Å²) in [4.78, 5) is 23.7. The van der Waals surface area contributed by atoms with Crippen LogP contribution in [0, 0.1) is 5.82 Å². The van der Waals surface area contributed by atoms with Gasteiger partial charge in [-0.1, -0.05) is 15.9 Å². The number of nitrogens with one attached hydrogen (secondary N) is 2. The maximum Gasteiger partial charge on any atom is 0.329 e. The molecule has 0 radical (unpaired) electrons. The van der Waals surface area contributed by atoms with Gasteiger partial charge in [-0.25, -0.2) is 9.82 Å². The van der Waals surface area contributed by atoms with Crippen LogP contribution in [-0.2, 0) is 9.59 Å². The summed E-state index contributed by atoms with van der Waals surface area (Å²) in [7, 11) is 4.40. The molecule has 148 valence electrons. The largest absolute Gasteiger partial charge is 0.493 e. The molecule has 10 heteroatoms. The van der Waals surface area contributed by atoms with Crippen molar-refractivity contribution in [2.24, 2.45) is 5.10 Å². The zero-order chi connectivity index (χ0) is 20.7. The highest BCUT2D eigenvalue weighted by atomic mass is 79.9. The fourth-order valence-corrected chi connectivity index (χ4v) is 2.50. The quantitative estimate of drug-likeness (QED) is 0.398. The zero-order valence-electron chi connectivity index (χ0n) is 15.2. The third kappa shape index (κ3) is 5.19. The molecule has 28 heavy (non-hydrogen) atoms. The van der Waals surface area contributed by atoms with Gasteiger partial charge in [-0.15, -0.1) is 0 Å². The molecule has 0 spiro atoms. The predicted octanol–water partition coefficient (Wildman–Crippen LogP) is 2.70. The van der Waals surface area contributed by atoms with Crippen LogP contribution in [0.5, 0.6) is 17.2 Å². The summed E-state index contributed by atoms with van der Waals surface area (Å²) in [6.07, 6.45) is 1.29. The van der Waals surface area contributed by atoms with Crippen LogP contribution in [-0.4, -0.2) is 39.4 Å². The molecule has 0 aliphatic carbocycles. The number of carbonyl (C=O) groups excluding carboxylic acids is 2. The van der Waals surface area contributed by atoms with E-state index in [-0.39, 0.29) is 5.69 Å². The van der Waals surface area contributed by atoms with E-state index in [1.165, 1.54) is 39.7 Å². The van der Waals surface area contributed by atoms with Crippen LogP contribution in [0.3, 0.4) is 0 Å². The SMILES string of the molecule is COc1cc(/C=N/NC(=O)C(=O)Nc2ccc(Br)cc2F)cc(OC)c1OC. The lowest BCUT2D eigenvalue weighted by molar-refractivity contribution is -0.136. The summed E-state index contributed by atoms with van der Waals surface area (Å²) in [5, 5.41) is 5.87. The minimum Gasteiger partial charge on any atom is -0.493 e. The number of anilines is 1. The lowest BCUT2D eigenvalue weighted by Crippen LogP contribution is -2.32. The van der Waals surface area contributed by atoms with Crippen LogP contribution in [0.25, 0.3) is 0 Å². The summed E-state index contributed by atoms with van der Waals surface area (Å²) in [6, 6.07) is 7.22. The third-order valence-corrected chi connectivity index (χ3v) is 3.95. The molecule has 0 aliphatic rings. The van der Waals surface area contributed by atoms with E-state index in [1.54, 1.807) is 12.1 Å². The molecule has 2 aromatic carbocycles. The number of hydrogen-bond donors (Lipinski definition) is 2. The van der Waals surface area contributed by atoms with Crippen LogP contribution in [0.4, 0.5) is 10.1 Å². The van der Waals surface area contributed by atoms with Gasteiger partial charge in [-0.3, -0.25) is 9.59 Å². The van der Waals surface area contributed by atoms with Gasteiger partial charge in [0.15, 0.2) is 11.5 Å². The minimum absolute atomic E-state index is 0.128. The third-order valence-electron chi connectivity index (χ3n) is 3.45. The molecule has 0 bridgehead atoms. The number of halogens is 2. The van der Waals surface area contributed by atoms with E-state index in [0.717, 1.165) is 6.07 Å². The van der Waals surface area contributed by atoms with Gasteiger partial charge in [0.2, 0.25) is 5.75 Å². The Hall–Kier alpha value is -3.14. The molecular formula is C18H17BrFN3O5. The molecule has 0 aromatic heterocycles. The average molecular weight is 454 g/mol. The molecule has 2 aromatic rings. The molecule has 0 aliphatic heterocycles. The Labute approximate surface area is 168 Å². The molecule has 2 amide bonds. The first-order valence-electron chi connectivity index (χ1n) is 7.79. The maximum atomic E-state index is 13.7. The zero-order valence-corrected chi connectivity index (χ0v) is 16.8. The molecule has 2 N–H and O–H groups in total. The van der Waals surface area contributed by atoms with Crippen molar-refractivity contribution < 1.29 is 28.2 Å². The number of hydrazone groups is 1. The Morgan fingerprint density at radius 1 is 1.04 bits per heavy atom. The Morgan fingerprint density at radius 3 is 2.21 bits per heavy atom. The highest BCUT2D eigenvalue weighted by Crippen LogP contribution is 2.37. The molecule has 0 fully saturated rings. The molecule has 0 heterocycles. The van der Waals surface area contributed by atoms with E-state index >= 15 is 0 Å². The van der Waals surface area contributed by atoms with Gasteiger partial charge in [0.1, 0.15) is 5.82 Å². The number of carbonyl (C=O) groups is 2. The van der Waals surface area contributed by atoms with Crippen molar-refractivity contribution in [3.05, 3.63) is 46.2 Å². The highest BCUT2D eigenvalue weighted by molar-refractivity contribution is 9.10. The number of rotatable bonds is 6. The second-order valence-electron chi connectivity index (χ2n) is 5.24. The maximum absolute atomic E-state index is 13.7. The van der Waals surface area contributed by atoms with Gasteiger partial charge in [0.05, 0.1) is 33.2 Å². The number of amides is 2. The highest BCUT2D eigenvalue weighted by Gasteiger charge is 2.16. The minimum atomic E-state index is -1.07. The first-order chi connectivity index (χ1) is 13.4. The number of ether oxygens (including phenoxy) is 3. The standard InChI is InChI=1S/C18H17BrFN3O5/c1-26-14-6-10(7-15(27-2)16(14)28-3)9-21-23-18(25)17(24)22-13-5-4-11(19)8-12(13)20/h4-9H,1-3H3,(H,22,24)(H,23,25)/b21-9+. The number of nitrogens with zero attached hydrogens (tertiary/aromatic N) is 1. The van der Waals surface area contributed by atoms with Crippen LogP contribution in [0.2, 0.25) is 0 Å². The normalized spacial score (nSPS) is 10.5. The summed E-state index contributed by atoms with van der Waals surface area (Å²) >= 11 is 3.10. The van der Waals surface area contributed by atoms with E-state index in [1.807, 2.05) is 0 Å². The smallest absolute Gasteiger partial charge is 0.329 e. The fourth-order valence-electron chi connectivity index (χ4n) is 2.16. The molecule has 0 saturated heterocycles. The van der Waals surface area contributed by atoms with Crippen molar-refractivity contribution in [2.45, 2.75) is 0 Å². The molecular weight excluding hydrogens is 437 g/mol. The van der Waals surface area contributed by atoms with Crippen molar-refractivity contribution in [1.82, 2.24) is 5.43 Å². The van der Waals surface area contributed by atoms with Crippen molar-refractivity contribution in [2.75, 3.05) is 26.6 Å². The average Bonchev–Trinajstić information content (AvgIpc) is 2.68. The van der Waals surface area contributed by atoms with Gasteiger partial charge in [-0.05, 0) is 30.3 Å². The molecule has 2 rings (SSSR count). The van der Waals surface area contributed by atoms with Gasteiger partial charge in [0, 0.05) is 10.0 Å². The van der Waals surface area contributed by atoms with Crippen LogP contribution in [0.15, 0.2) is 39.9 Å². The van der Waals surface area contributed by atoms with Crippen LogP contribution >= 0.6 is 15.9 Å². The number of hydrogen-bond acceptors (Lipinski definition) is 6. The lowest BCUT2D eigenvalue weighted by Gasteiger charge is -2.12. The van der Waals surface area contributed by atoms with Crippen molar-refractivity contribution in [3.63, 3.8) is 0 Å². The number of methoxy groups -OCH3 is 3. The lowest BCUT2D eigenvalue weighted by atomic mass is 10.2. The first kappa shape index (κ1) is 21.2. The van der Waals surface area contributed by atoms with Gasteiger partial charge < -0.3 is 19.5 Å². The van der Waals surface area contributed by atoms with Crippen LogP contribution < -0.4 is 25.0 Å². The summed E-state index contributed by atoms with van der Waals surface area (Å²) in [6.45, 7) is 0. The van der Waals surface area contributed by atoms with E-state index in [4.69, 9.17) is 14.2 Å². The summed E-state index contributed by atoms with van der Waals surface area (Å²) in [5.41, 5.74) is 2.45. The van der Waals surface area contributed by atoms with E-state index in [9.17, 15) is 14.0 Å². The van der Waals surface area contributed by atoms with Crippen molar-refractivity contribution in [1.29, 1.82) is 0 Å². The van der Waals surface area contributed by atoms with E-state index in [0.29, 0.717) is 27.3 Å². The molecule has 8 nitrogen and oxygen atoms in total. The monoisotopic (exact) mass is 453 g/mol. The topological polar surface area (TPSA) is 98.2 Å². The van der Waals surface area contributed by atoms with Gasteiger partial charge in [-0.2, -0.15) is 5.10 Å². The Bertz CT molecular complexity index is 895. The Kier molecular flexibility index (Phi) is 7.33. The van der Waals surface area contributed by atoms with Crippen molar-refractivity contribution in [3.8, 4) is 17.2 Å². The second-order valence-corrected chi connectivity index (χ2v) is 6.15. The second kappa shape index (κ2) is 9.70. The fraction of sp³-hybridized carbons (Fsp3) is 0.167. The Balaban J connectivity index is 2.05. The van der Waals surface area contributed by atoms with Gasteiger partial charge >= 0.3 is 11.8 Å². The number of benzene rings is 2. The molecule has 0 saturated carbocycles. The molecule has 0 unspecified atom stereocenters. The molecule has 0 atom stereocenters. The summed E-state index contributed by atoms with van der Waals surface area (Å²) < 4.78 is 29.9. The summed E-state index contributed by atoms with van der Waals surface area (Å²) in [5.74, 6) is -1.61. The first-order valence-corrected chi connectivity index (χ1v) is 8.58. The van der Waals surface area contributed by atoms with Gasteiger partial charge in [0.25, 0.3) is 0 Å². The van der Waals surface area contributed by atoms with Crippen molar-refractivity contribution >= 4 is 39.6 Å². The Morgan fingerprint density at radius 2 is 1.68 bits per heavy atom. The predicted molar refractivity (Wildman–Crippen MR) is 105 cm³/mol. The van der Waals surface area contributed by atoms with E-state index < -0.39 is 17.6 Å².